The Kier molecular flexibility index (Phi) is 20.9. The zero-order chi connectivity index (χ0) is 22.3. The van der Waals surface area contributed by atoms with Crippen molar-refractivity contribution in [1.82, 2.24) is 5.32 Å². The van der Waals surface area contributed by atoms with Crippen LogP contribution in [-0.2, 0) is 14.4 Å². The van der Waals surface area contributed by atoms with Crippen molar-refractivity contribution in [2.24, 2.45) is 0 Å². The van der Waals surface area contributed by atoms with Gasteiger partial charge in [0.1, 0.15) is 0 Å². The molecule has 0 heterocycles. The summed E-state index contributed by atoms with van der Waals surface area (Å²) in [6, 6.07) is 0. The van der Waals surface area contributed by atoms with E-state index in [2.05, 4.69) is 5.32 Å². The molecule has 6 heteroatoms. The molecule has 0 radical (unpaired) electrons. The number of carboxylic acid groups (broad SMARTS) is 2. The number of hydrogen-bond acceptors (Lipinski definition) is 3. The Morgan fingerprint density at radius 2 is 0.733 bits per heavy atom. The normalized spacial score (nSPS) is 10.8. The molecule has 0 fully saturated rings. The zero-order valence-corrected chi connectivity index (χ0v) is 19.0. The van der Waals surface area contributed by atoms with Crippen LogP contribution >= 0.6 is 0 Å². The van der Waals surface area contributed by atoms with Gasteiger partial charge in [0.05, 0.1) is 0 Å². The first-order chi connectivity index (χ1) is 14.5. The van der Waals surface area contributed by atoms with Crippen molar-refractivity contribution >= 4 is 17.8 Å². The highest BCUT2D eigenvalue weighted by atomic mass is 16.4. The van der Waals surface area contributed by atoms with Gasteiger partial charge in [0.2, 0.25) is 5.91 Å². The zero-order valence-electron chi connectivity index (χ0n) is 19.0. The van der Waals surface area contributed by atoms with E-state index in [1.807, 2.05) is 0 Å². The topological polar surface area (TPSA) is 104 Å². The molecule has 30 heavy (non-hydrogen) atoms. The minimum absolute atomic E-state index is 0.120. The summed E-state index contributed by atoms with van der Waals surface area (Å²) < 4.78 is 0. The highest BCUT2D eigenvalue weighted by molar-refractivity contribution is 5.75. The van der Waals surface area contributed by atoms with Gasteiger partial charge < -0.3 is 15.5 Å². The SMILES string of the molecule is O=C(O)CCCCCCCCCCCCCCCCC(=O)NCCCCCC(=O)O. The molecule has 0 rings (SSSR count). The van der Waals surface area contributed by atoms with E-state index in [-0.39, 0.29) is 12.3 Å². The molecule has 0 aliphatic carbocycles. The van der Waals surface area contributed by atoms with E-state index >= 15 is 0 Å². The minimum atomic E-state index is -0.752. The van der Waals surface area contributed by atoms with Crippen LogP contribution < -0.4 is 5.32 Å². The number of nitrogens with one attached hydrogen (secondary N) is 1. The summed E-state index contributed by atoms with van der Waals surface area (Å²) in [5.74, 6) is -1.31. The van der Waals surface area contributed by atoms with Crippen LogP contribution in [0, 0.1) is 0 Å². The van der Waals surface area contributed by atoms with Crippen molar-refractivity contribution in [2.45, 2.75) is 128 Å². The van der Waals surface area contributed by atoms with Crippen molar-refractivity contribution < 1.29 is 24.6 Å². The van der Waals surface area contributed by atoms with E-state index < -0.39 is 11.9 Å². The van der Waals surface area contributed by atoms with Crippen LogP contribution in [0.5, 0.6) is 0 Å². The number of carbonyl (C=O) groups is 3. The molecule has 0 bridgehead atoms. The van der Waals surface area contributed by atoms with E-state index in [0.29, 0.717) is 25.8 Å². The number of carbonyl (C=O) groups excluding carboxylic acids is 1. The molecule has 176 valence electrons. The van der Waals surface area contributed by atoms with Gasteiger partial charge in [0.25, 0.3) is 0 Å². The van der Waals surface area contributed by atoms with Gasteiger partial charge in [-0.05, 0) is 25.7 Å². The molecule has 0 atom stereocenters. The van der Waals surface area contributed by atoms with Crippen LogP contribution in [0.3, 0.4) is 0 Å². The van der Waals surface area contributed by atoms with Crippen LogP contribution in [0.25, 0.3) is 0 Å². The van der Waals surface area contributed by atoms with E-state index in [1.165, 1.54) is 57.8 Å². The fraction of sp³-hybridized carbons (Fsp3) is 0.875. The quantitative estimate of drug-likeness (QED) is 0.172. The molecule has 0 aromatic carbocycles. The van der Waals surface area contributed by atoms with Gasteiger partial charge in [-0.2, -0.15) is 0 Å². The van der Waals surface area contributed by atoms with Gasteiger partial charge >= 0.3 is 11.9 Å². The van der Waals surface area contributed by atoms with Gasteiger partial charge in [-0.25, -0.2) is 0 Å². The van der Waals surface area contributed by atoms with E-state index in [0.717, 1.165) is 44.9 Å². The third kappa shape index (κ3) is 24.4. The summed E-state index contributed by atoms with van der Waals surface area (Å²) in [7, 11) is 0. The molecular formula is C24H45NO5. The molecule has 0 saturated carbocycles. The minimum Gasteiger partial charge on any atom is -0.481 e. The lowest BCUT2D eigenvalue weighted by molar-refractivity contribution is -0.138. The Morgan fingerprint density at radius 1 is 0.433 bits per heavy atom. The van der Waals surface area contributed by atoms with Crippen LogP contribution in [0.1, 0.15) is 128 Å². The number of unbranched alkanes of at least 4 members (excludes halogenated alkanes) is 15. The number of aliphatic carboxylic acids is 2. The smallest absolute Gasteiger partial charge is 0.303 e. The molecule has 1 amide bonds. The van der Waals surface area contributed by atoms with Gasteiger partial charge in [-0.15, -0.1) is 0 Å². The second-order valence-corrected chi connectivity index (χ2v) is 8.40. The highest BCUT2D eigenvalue weighted by Gasteiger charge is 2.01. The Hall–Kier alpha value is -1.59. The van der Waals surface area contributed by atoms with Gasteiger partial charge in [-0.1, -0.05) is 83.5 Å². The molecule has 0 aliphatic heterocycles. The third-order valence-corrected chi connectivity index (χ3v) is 5.43. The molecule has 0 aliphatic rings. The molecule has 0 aromatic heterocycles. The van der Waals surface area contributed by atoms with E-state index in [4.69, 9.17) is 10.2 Å². The van der Waals surface area contributed by atoms with Crippen molar-refractivity contribution in [2.75, 3.05) is 6.54 Å². The highest BCUT2D eigenvalue weighted by Crippen LogP contribution is 2.13. The van der Waals surface area contributed by atoms with Crippen LogP contribution in [0.4, 0.5) is 0 Å². The average molecular weight is 428 g/mol. The van der Waals surface area contributed by atoms with E-state index in [1.54, 1.807) is 0 Å². The summed E-state index contributed by atoms with van der Waals surface area (Å²) in [6.45, 7) is 0.656. The van der Waals surface area contributed by atoms with Gasteiger partial charge in [0, 0.05) is 25.8 Å². The Balaban J connectivity index is 3.16. The van der Waals surface area contributed by atoms with Gasteiger partial charge in [0.15, 0.2) is 0 Å². The maximum absolute atomic E-state index is 11.7. The molecular weight excluding hydrogens is 382 g/mol. The average Bonchev–Trinajstić information content (AvgIpc) is 2.69. The summed E-state index contributed by atoms with van der Waals surface area (Å²) in [4.78, 5) is 32.5. The largest absolute Gasteiger partial charge is 0.481 e. The molecule has 0 saturated heterocycles. The predicted octanol–water partition coefficient (Wildman–Crippen LogP) is 6.07. The standard InChI is InChI=1S/C24H45NO5/c26-22(25-21-17-13-16-20-24(29)30)18-14-11-9-7-5-3-1-2-4-6-8-10-12-15-19-23(27)28/h1-21H2,(H,25,26)(H,27,28)(H,29,30). The maximum Gasteiger partial charge on any atom is 0.303 e. The molecule has 0 aromatic rings. The fourth-order valence-corrected chi connectivity index (χ4v) is 3.58. The monoisotopic (exact) mass is 427 g/mol. The summed E-state index contributed by atoms with van der Waals surface area (Å²) in [6.07, 6.45) is 20.1. The molecule has 3 N–H and O–H groups in total. The molecule has 0 spiro atoms. The lowest BCUT2D eigenvalue weighted by Gasteiger charge is -2.05. The Bertz CT molecular complexity index is 439. The second kappa shape index (κ2) is 22.1. The Labute approximate surface area is 183 Å². The van der Waals surface area contributed by atoms with Crippen LogP contribution in [0.15, 0.2) is 0 Å². The van der Waals surface area contributed by atoms with Crippen molar-refractivity contribution in [3.05, 3.63) is 0 Å². The maximum atomic E-state index is 11.7. The Morgan fingerprint density at radius 3 is 1.10 bits per heavy atom. The van der Waals surface area contributed by atoms with E-state index in [9.17, 15) is 14.4 Å². The molecule has 6 nitrogen and oxygen atoms in total. The van der Waals surface area contributed by atoms with Crippen molar-refractivity contribution in [3.63, 3.8) is 0 Å². The fourth-order valence-electron chi connectivity index (χ4n) is 3.58. The summed E-state index contributed by atoms with van der Waals surface area (Å²) >= 11 is 0. The second-order valence-electron chi connectivity index (χ2n) is 8.40. The van der Waals surface area contributed by atoms with Gasteiger partial charge in [-0.3, -0.25) is 14.4 Å². The third-order valence-electron chi connectivity index (χ3n) is 5.43. The van der Waals surface area contributed by atoms with Crippen LogP contribution in [0.2, 0.25) is 0 Å². The number of hydrogen-bond donors (Lipinski definition) is 3. The first kappa shape index (κ1) is 28.4. The van der Waals surface area contributed by atoms with Crippen molar-refractivity contribution in [1.29, 1.82) is 0 Å². The number of carboxylic acids is 2. The van der Waals surface area contributed by atoms with Crippen LogP contribution in [-0.4, -0.2) is 34.6 Å². The predicted molar refractivity (Wildman–Crippen MR) is 121 cm³/mol. The first-order valence-electron chi connectivity index (χ1n) is 12.2. The van der Waals surface area contributed by atoms with Crippen molar-refractivity contribution in [3.8, 4) is 0 Å². The molecule has 0 unspecified atom stereocenters. The first-order valence-corrected chi connectivity index (χ1v) is 12.2. The number of rotatable bonds is 23. The summed E-state index contributed by atoms with van der Waals surface area (Å²) in [5, 5.41) is 20.0. The lowest BCUT2D eigenvalue weighted by Crippen LogP contribution is -2.23. The lowest BCUT2D eigenvalue weighted by atomic mass is 10.0. The summed E-state index contributed by atoms with van der Waals surface area (Å²) in [5.41, 5.74) is 0. The number of amides is 1.